The van der Waals surface area contributed by atoms with E-state index in [0.29, 0.717) is 82.1 Å². The quantitative estimate of drug-likeness (QED) is 0.0213. The maximum Gasteiger partial charge on any atom is 0.308 e. The Balaban J connectivity index is 0.868. The number of aliphatic hydroxyl groups is 9. The molecule has 0 aromatic carbocycles. The number of carbonyl (C=O) groups is 6. The molecule has 0 aromatic rings. The number of esters is 1. The van der Waals surface area contributed by atoms with Gasteiger partial charge in [0.2, 0.25) is 29.5 Å². The molecule has 7 aliphatic rings. The van der Waals surface area contributed by atoms with Crippen molar-refractivity contribution in [3.8, 4) is 0 Å². The van der Waals surface area contributed by atoms with Crippen LogP contribution in [0.15, 0.2) is 11.6 Å². The molecule has 29 nitrogen and oxygen atoms in total. The van der Waals surface area contributed by atoms with E-state index in [-0.39, 0.29) is 152 Å². The Morgan fingerprint density at radius 1 is 0.509 bits per heavy atom. The Hall–Kier alpha value is -4.12. The highest BCUT2D eigenvalue weighted by atomic mass is 16.7. The van der Waals surface area contributed by atoms with Crippen LogP contribution in [0.3, 0.4) is 0 Å². The topological polar surface area (TPSA) is 419 Å². The average molecular weight is 1600 g/mol. The van der Waals surface area contributed by atoms with E-state index in [0.717, 1.165) is 55.3 Å². The van der Waals surface area contributed by atoms with Gasteiger partial charge in [0.1, 0.15) is 48.8 Å². The Labute approximate surface area is 665 Å². The van der Waals surface area contributed by atoms with Crippen LogP contribution in [0, 0.1) is 64.1 Å². The van der Waals surface area contributed by atoms with E-state index in [2.05, 4.69) is 62.0 Å². The number of hydrogen-bond donors (Lipinski definition) is 13. The lowest BCUT2D eigenvalue weighted by atomic mass is 9.47. The fourth-order valence-electron chi connectivity index (χ4n) is 18.7. The third-order valence-corrected chi connectivity index (χ3v) is 25.7. The van der Waals surface area contributed by atoms with Crippen molar-refractivity contribution in [1.29, 1.82) is 0 Å². The minimum atomic E-state index is -1.25. The predicted octanol–water partition coefficient (Wildman–Crippen LogP) is 5.15. The van der Waals surface area contributed by atoms with Crippen molar-refractivity contribution in [2.24, 2.45) is 64.1 Å². The summed E-state index contributed by atoms with van der Waals surface area (Å²) in [5.74, 6) is 1.15. The van der Waals surface area contributed by atoms with Crippen LogP contribution >= 0.6 is 0 Å². The zero-order chi connectivity index (χ0) is 81.5. The zero-order valence-corrected chi connectivity index (χ0v) is 68.7. The van der Waals surface area contributed by atoms with Gasteiger partial charge < -0.3 is 115 Å². The summed E-state index contributed by atoms with van der Waals surface area (Å²) >= 11 is 0. The molecule has 3 heterocycles. The van der Waals surface area contributed by atoms with Crippen molar-refractivity contribution in [1.82, 2.24) is 26.2 Å². The number of hydrogen-bond acceptors (Lipinski definition) is 24. The molecule has 646 valence electrons. The molecule has 6 fully saturated rings. The summed E-state index contributed by atoms with van der Waals surface area (Å²) in [6, 6.07) is -1.00. The van der Waals surface area contributed by atoms with Gasteiger partial charge >= 0.3 is 5.97 Å². The molecule has 24 atom stereocenters. The number of allylic oxidation sites excluding steroid dienone is 1. The van der Waals surface area contributed by atoms with E-state index < -0.39 is 123 Å². The van der Waals surface area contributed by atoms with Crippen molar-refractivity contribution in [2.75, 3.05) is 98.8 Å². The number of aliphatic hydroxyl groups excluding tert-OH is 9. The number of nitrogens with one attached hydrogen (secondary N) is 4. The predicted molar refractivity (Wildman–Crippen MR) is 415 cm³/mol. The number of amides is 5. The Bertz CT molecular complexity index is 2760. The minimum absolute atomic E-state index is 0.0172. The first-order valence-electron chi connectivity index (χ1n) is 42.8. The molecule has 5 amide bonds. The molecule has 13 N–H and O–H groups in total. The second kappa shape index (κ2) is 48.7. The lowest BCUT2D eigenvalue weighted by Crippen LogP contribution is -2.55. The molecular weight excluding hydrogens is 1450 g/mol. The third-order valence-electron chi connectivity index (χ3n) is 25.7. The van der Waals surface area contributed by atoms with Crippen LogP contribution in [-0.2, 0) is 71.4 Å². The van der Waals surface area contributed by atoms with Crippen LogP contribution in [-0.4, -0.2) is 271 Å². The molecule has 0 bridgehead atoms. The SMILES string of the molecule is CC(C)CCC[C@@H](C)C1CCC2C3CC=C4C[C@@H](OC(=O)CCOCCOCCC(=O)NC(CCCCNC(=O)CCCCOC5OC(CO)C(O)C(O)C5C)C(=O)N(CCCNC(=O)CCCCOC5OC(CO)C(O)C(O)C5C)CCCNC(=O)CCCCOC5OC(CO)C(O)C(O)C5C)CC[C@]4(C)C3CC[C@@]21C. The summed E-state index contributed by atoms with van der Waals surface area (Å²) in [6.45, 7) is 18.1. The molecule has 3 saturated carbocycles. The molecule has 29 heteroatoms. The number of fused-ring (bicyclic) bond motifs is 5. The molecule has 7 rings (SSSR count). The first kappa shape index (κ1) is 95.0. The fraction of sp³-hybridized carbons (Fsp3) is 0.904. The van der Waals surface area contributed by atoms with Gasteiger partial charge in [-0.2, -0.15) is 0 Å². The van der Waals surface area contributed by atoms with Crippen molar-refractivity contribution >= 4 is 35.5 Å². The van der Waals surface area contributed by atoms with E-state index in [4.69, 9.17) is 42.6 Å². The molecule has 3 aliphatic heterocycles. The molecule has 4 aliphatic carbocycles. The third kappa shape index (κ3) is 28.3. The van der Waals surface area contributed by atoms with Crippen LogP contribution in [0.1, 0.15) is 229 Å². The minimum Gasteiger partial charge on any atom is -0.462 e. The second-order valence-electron chi connectivity index (χ2n) is 34.2. The summed E-state index contributed by atoms with van der Waals surface area (Å²) < 4.78 is 52.1. The molecular formula is C83H145N5O24. The first-order valence-corrected chi connectivity index (χ1v) is 42.8. The average Bonchev–Trinajstić information content (AvgIpc) is 1.42. The highest BCUT2D eigenvalue weighted by Gasteiger charge is 2.59. The number of carbonyl (C=O) groups excluding carboxylic acids is 6. The number of unbranched alkanes of at least 4 members (excludes halogenated alkanes) is 4. The van der Waals surface area contributed by atoms with Crippen LogP contribution in [0.2, 0.25) is 0 Å². The lowest BCUT2D eigenvalue weighted by molar-refractivity contribution is -0.282. The molecule has 20 unspecified atom stereocenters. The van der Waals surface area contributed by atoms with Crippen molar-refractivity contribution in [3.05, 3.63) is 11.6 Å². The van der Waals surface area contributed by atoms with Gasteiger partial charge in [0.25, 0.3) is 0 Å². The highest BCUT2D eigenvalue weighted by Crippen LogP contribution is 2.67. The normalized spacial score (nSPS) is 33.0. The van der Waals surface area contributed by atoms with E-state index in [9.17, 15) is 74.7 Å². The largest absolute Gasteiger partial charge is 0.462 e. The molecule has 3 saturated heterocycles. The standard InChI is InChI=1S/C83H145N5O24/c1-52(2)20-17-21-53(3)60-28-29-61-59-27-26-57-48-58(30-34-82(57,7)62(59)31-35-83(60,61)8)109-71(96)33-45-105-47-46-104-44-32-70(95)87-63(22-9-13-36-84-67(92)23-10-14-41-106-79-54(4)72(97)75(100)64(49-89)110-79)78(103)88(39-18-37-85-68(93)24-11-15-42-107-80-55(5)73(98)76(101)65(50-90)111-80)40-19-38-86-69(94)25-12-16-43-108-81-56(6)74(99)77(102)66(51-91)112-81/h26,52-56,58-66,72-77,79-81,89-91,97-102H,9-25,27-51H2,1-8H3,(H,84,92)(H,85,93)(H,86,94)(H,87,95)/t53-,54?,55?,56?,58+,59?,60?,61?,62?,63?,64?,65?,66?,72?,73?,74?,75?,76?,77?,79?,80?,81?,82+,83-/m1/s1. The van der Waals surface area contributed by atoms with Gasteiger partial charge in [0, 0.05) is 102 Å². The Morgan fingerprint density at radius 3 is 1.47 bits per heavy atom. The molecule has 0 spiro atoms. The van der Waals surface area contributed by atoms with Crippen LogP contribution in [0.25, 0.3) is 0 Å². The van der Waals surface area contributed by atoms with Crippen molar-refractivity contribution in [3.63, 3.8) is 0 Å². The maximum atomic E-state index is 14.8. The summed E-state index contributed by atoms with van der Waals surface area (Å²) in [5, 5.41) is 102. The smallest absolute Gasteiger partial charge is 0.308 e. The first-order chi connectivity index (χ1) is 53.6. The van der Waals surface area contributed by atoms with Gasteiger partial charge in [-0.25, -0.2) is 0 Å². The van der Waals surface area contributed by atoms with Crippen molar-refractivity contribution < 1.29 is 117 Å². The van der Waals surface area contributed by atoms with Gasteiger partial charge in [-0.05, 0) is 162 Å². The summed E-state index contributed by atoms with van der Waals surface area (Å²) in [7, 11) is 0. The van der Waals surface area contributed by atoms with Gasteiger partial charge in [-0.1, -0.05) is 86.3 Å². The second-order valence-corrected chi connectivity index (χ2v) is 34.2. The van der Waals surface area contributed by atoms with E-state index in [1.807, 2.05) is 0 Å². The van der Waals surface area contributed by atoms with Gasteiger partial charge in [-0.15, -0.1) is 0 Å². The van der Waals surface area contributed by atoms with Crippen molar-refractivity contribution in [2.45, 2.75) is 315 Å². The van der Waals surface area contributed by atoms with E-state index in [1.54, 1.807) is 25.7 Å². The monoisotopic (exact) mass is 1600 g/mol. The number of rotatable bonds is 51. The van der Waals surface area contributed by atoms with E-state index >= 15 is 0 Å². The van der Waals surface area contributed by atoms with Gasteiger partial charge in [-0.3, -0.25) is 28.8 Å². The summed E-state index contributed by atoms with van der Waals surface area (Å²) in [6.07, 6.45) is 8.08. The number of ether oxygens (including phenoxy) is 9. The summed E-state index contributed by atoms with van der Waals surface area (Å²) in [4.78, 5) is 82.6. The molecule has 112 heavy (non-hydrogen) atoms. The molecule has 0 radical (unpaired) electrons. The van der Waals surface area contributed by atoms with Crippen LogP contribution in [0.5, 0.6) is 0 Å². The maximum absolute atomic E-state index is 14.8. The molecule has 0 aromatic heterocycles. The van der Waals surface area contributed by atoms with Crippen LogP contribution < -0.4 is 21.3 Å². The fourth-order valence-corrected chi connectivity index (χ4v) is 18.7. The van der Waals surface area contributed by atoms with Gasteiger partial charge in [0.05, 0.1) is 71.0 Å². The van der Waals surface area contributed by atoms with Crippen LogP contribution in [0.4, 0.5) is 0 Å². The van der Waals surface area contributed by atoms with E-state index in [1.165, 1.54) is 50.5 Å². The highest BCUT2D eigenvalue weighted by molar-refractivity contribution is 5.87. The zero-order valence-electron chi connectivity index (χ0n) is 68.7. The Kier molecular flexibility index (Phi) is 41.3. The van der Waals surface area contributed by atoms with Gasteiger partial charge in [0.15, 0.2) is 18.9 Å². The number of nitrogens with zero attached hydrogens (tertiary/aromatic N) is 1. The summed E-state index contributed by atoms with van der Waals surface area (Å²) in [5.41, 5.74) is 2.06. The Morgan fingerprint density at radius 2 is 0.991 bits per heavy atom. The lowest BCUT2D eigenvalue weighted by Gasteiger charge is -2.58.